The molecular formula is C25H52N2O. The Morgan fingerprint density at radius 3 is 1.54 bits per heavy atom. The molecule has 1 N–H and O–H groups in total. The van der Waals surface area contributed by atoms with E-state index in [0.29, 0.717) is 6.42 Å². The van der Waals surface area contributed by atoms with Crippen LogP contribution in [0.4, 0.5) is 0 Å². The predicted octanol–water partition coefficient (Wildman–Crippen LogP) is 7.10. The lowest BCUT2D eigenvalue weighted by molar-refractivity contribution is -0.121. The van der Waals surface area contributed by atoms with Crippen molar-refractivity contribution in [2.75, 3.05) is 26.2 Å². The molecule has 1 amide bonds. The van der Waals surface area contributed by atoms with Crippen LogP contribution in [0.5, 0.6) is 0 Å². The SMILES string of the molecule is CCCCCCCCCCCCCCCCC(=O)NCCCCN(CC)CC. The quantitative estimate of drug-likeness (QED) is 0.198. The van der Waals surface area contributed by atoms with E-state index in [4.69, 9.17) is 0 Å². The monoisotopic (exact) mass is 396 g/mol. The molecule has 0 bridgehead atoms. The summed E-state index contributed by atoms with van der Waals surface area (Å²) < 4.78 is 0. The molecule has 0 aliphatic heterocycles. The molecule has 0 unspecified atom stereocenters. The van der Waals surface area contributed by atoms with E-state index in [1.54, 1.807) is 0 Å². The summed E-state index contributed by atoms with van der Waals surface area (Å²) in [6.07, 6.45) is 22.1. The average Bonchev–Trinajstić information content (AvgIpc) is 2.71. The van der Waals surface area contributed by atoms with Gasteiger partial charge in [0.1, 0.15) is 0 Å². The maximum absolute atomic E-state index is 11.8. The summed E-state index contributed by atoms with van der Waals surface area (Å²) in [5, 5.41) is 3.08. The van der Waals surface area contributed by atoms with E-state index in [2.05, 4.69) is 31.0 Å². The Hall–Kier alpha value is -0.570. The minimum atomic E-state index is 0.252. The van der Waals surface area contributed by atoms with Crippen LogP contribution in [-0.2, 0) is 4.79 Å². The molecule has 0 atom stereocenters. The lowest BCUT2D eigenvalue weighted by atomic mass is 10.0. The second-order valence-corrected chi connectivity index (χ2v) is 8.43. The van der Waals surface area contributed by atoms with Gasteiger partial charge < -0.3 is 10.2 Å². The first-order valence-electron chi connectivity index (χ1n) is 12.7. The van der Waals surface area contributed by atoms with Gasteiger partial charge in [-0.3, -0.25) is 4.79 Å². The van der Waals surface area contributed by atoms with Crippen LogP contribution >= 0.6 is 0 Å². The Morgan fingerprint density at radius 1 is 0.607 bits per heavy atom. The number of rotatable bonds is 22. The molecule has 0 heterocycles. The number of hydrogen-bond donors (Lipinski definition) is 1. The summed E-state index contributed by atoms with van der Waals surface area (Å²) >= 11 is 0. The van der Waals surface area contributed by atoms with Gasteiger partial charge in [-0.15, -0.1) is 0 Å². The molecule has 0 aromatic rings. The maximum Gasteiger partial charge on any atom is 0.219 e. The number of amides is 1. The van der Waals surface area contributed by atoms with Gasteiger partial charge in [0.25, 0.3) is 0 Å². The van der Waals surface area contributed by atoms with Crippen LogP contribution in [0.1, 0.15) is 130 Å². The van der Waals surface area contributed by atoms with Gasteiger partial charge >= 0.3 is 0 Å². The normalized spacial score (nSPS) is 11.3. The summed E-state index contributed by atoms with van der Waals surface area (Å²) in [6, 6.07) is 0. The van der Waals surface area contributed by atoms with Crippen LogP contribution in [0, 0.1) is 0 Å². The van der Waals surface area contributed by atoms with Crippen LogP contribution in [0.2, 0.25) is 0 Å². The fraction of sp³-hybridized carbons (Fsp3) is 0.960. The molecule has 0 fully saturated rings. The van der Waals surface area contributed by atoms with E-state index in [9.17, 15) is 4.79 Å². The highest BCUT2D eigenvalue weighted by atomic mass is 16.1. The summed E-state index contributed by atoms with van der Waals surface area (Å²) in [5.74, 6) is 0.252. The highest BCUT2D eigenvalue weighted by Gasteiger charge is 2.02. The third-order valence-corrected chi connectivity index (χ3v) is 5.88. The zero-order chi connectivity index (χ0) is 20.7. The predicted molar refractivity (Wildman–Crippen MR) is 125 cm³/mol. The number of unbranched alkanes of at least 4 members (excludes halogenated alkanes) is 14. The molecule has 0 aromatic heterocycles. The van der Waals surface area contributed by atoms with Crippen molar-refractivity contribution in [3.05, 3.63) is 0 Å². The molecule has 0 aliphatic rings. The Bertz CT molecular complexity index is 316. The minimum Gasteiger partial charge on any atom is -0.356 e. The number of hydrogen-bond acceptors (Lipinski definition) is 2. The van der Waals surface area contributed by atoms with Crippen molar-refractivity contribution < 1.29 is 4.79 Å². The number of nitrogens with one attached hydrogen (secondary N) is 1. The first kappa shape index (κ1) is 27.4. The van der Waals surface area contributed by atoms with E-state index in [0.717, 1.165) is 39.0 Å². The molecule has 0 spiro atoms. The lowest BCUT2D eigenvalue weighted by Crippen LogP contribution is -2.27. The van der Waals surface area contributed by atoms with Crippen molar-refractivity contribution in [2.24, 2.45) is 0 Å². The lowest BCUT2D eigenvalue weighted by Gasteiger charge is -2.17. The van der Waals surface area contributed by atoms with E-state index in [-0.39, 0.29) is 5.91 Å². The third kappa shape index (κ3) is 20.2. The fourth-order valence-electron chi connectivity index (χ4n) is 3.80. The van der Waals surface area contributed by atoms with Crippen LogP contribution in [0.15, 0.2) is 0 Å². The zero-order valence-electron chi connectivity index (χ0n) is 19.7. The molecule has 0 rings (SSSR count). The van der Waals surface area contributed by atoms with Gasteiger partial charge in [0.05, 0.1) is 0 Å². The largest absolute Gasteiger partial charge is 0.356 e. The second-order valence-electron chi connectivity index (χ2n) is 8.43. The number of carbonyl (C=O) groups is 1. The van der Waals surface area contributed by atoms with Crippen molar-refractivity contribution in [2.45, 2.75) is 130 Å². The third-order valence-electron chi connectivity index (χ3n) is 5.88. The molecular weight excluding hydrogens is 344 g/mol. The molecule has 3 heteroatoms. The number of carbonyl (C=O) groups excluding carboxylic acids is 1. The summed E-state index contributed by atoms with van der Waals surface area (Å²) in [5.41, 5.74) is 0. The summed E-state index contributed by atoms with van der Waals surface area (Å²) in [6.45, 7) is 11.0. The van der Waals surface area contributed by atoms with Crippen molar-refractivity contribution >= 4 is 5.91 Å². The van der Waals surface area contributed by atoms with Crippen LogP contribution in [-0.4, -0.2) is 37.0 Å². The van der Waals surface area contributed by atoms with Crippen LogP contribution < -0.4 is 5.32 Å². The Kier molecular flexibility index (Phi) is 22.3. The summed E-state index contributed by atoms with van der Waals surface area (Å²) in [4.78, 5) is 14.3. The zero-order valence-corrected chi connectivity index (χ0v) is 19.7. The maximum atomic E-state index is 11.8. The molecule has 0 saturated heterocycles. The second kappa shape index (κ2) is 22.7. The minimum absolute atomic E-state index is 0.252. The van der Waals surface area contributed by atoms with E-state index in [1.165, 1.54) is 89.9 Å². The molecule has 28 heavy (non-hydrogen) atoms. The summed E-state index contributed by atoms with van der Waals surface area (Å²) in [7, 11) is 0. The Labute approximate surface area is 177 Å². The molecule has 0 saturated carbocycles. The van der Waals surface area contributed by atoms with Gasteiger partial charge in [0.15, 0.2) is 0 Å². The van der Waals surface area contributed by atoms with Gasteiger partial charge in [-0.25, -0.2) is 0 Å². The highest BCUT2D eigenvalue weighted by Crippen LogP contribution is 2.13. The highest BCUT2D eigenvalue weighted by molar-refractivity contribution is 5.75. The van der Waals surface area contributed by atoms with Gasteiger partial charge in [0.2, 0.25) is 5.91 Å². The van der Waals surface area contributed by atoms with Crippen molar-refractivity contribution in [3.63, 3.8) is 0 Å². The standard InChI is InChI=1S/C25H52N2O/c1-4-7-8-9-10-11-12-13-14-15-16-17-18-19-22-25(28)26-23-20-21-24-27(5-2)6-3/h4-24H2,1-3H3,(H,26,28). The smallest absolute Gasteiger partial charge is 0.219 e. The first-order chi connectivity index (χ1) is 13.7. The van der Waals surface area contributed by atoms with Gasteiger partial charge in [-0.05, 0) is 38.9 Å². The van der Waals surface area contributed by atoms with E-state index >= 15 is 0 Å². The van der Waals surface area contributed by atoms with Crippen molar-refractivity contribution in [1.29, 1.82) is 0 Å². The average molecular weight is 397 g/mol. The van der Waals surface area contributed by atoms with Crippen molar-refractivity contribution in [1.82, 2.24) is 10.2 Å². The van der Waals surface area contributed by atoms with Crippen molar-refractivity contribution in [3.8, 4) is 0 Å². The van der Waals surface area contributed by atoms with Gasteiger partial charge in [0, 0.05) is 13.0 Å². The van der Waals surface area contributed by atoms with Gasteiger partial charge in [-0.2, -0.15) is 0 Å². The molecule has 0 radical (unpaired) electrons. The first-order valence-corrected chi connectivity index (χ1v) is 12.7. The Morgan fingerprint density at radius 2 is 1.07 bits per heavy atom. The molecule has 3 nitrogen and oxygen atoms in total. The molecule has 168 valence electrons. The van der Waals surface area contributed by atoms with E-state index < -0.39 is 0 Å². The molecule has 0 aliphatic carbocycles. The Balaban J connectivity index is 3.20. The topological polar surface area (TPSA) is 32.3 Å². The van der Waals surface area contributed by atoms with Crippen LogP contribution in [0.3, 0.4) is 0 Å². The van der Waals surface area contributed by atoms with Gasteiger partial charge in [-0.1, -0.05) is 104 Å². The van der Waals surface area contributed by atoms with Crippen LogP contribution in [0.25, 0.3) is 0 Å². The van der Waals surface area contributed by atoms with E-state index in [1.807, 2.05) is 0 Å². The number of nitrogens with zero attached hydrogens (tertiary/aromatic N) is 1. The fourth-order valence-corrected chi connectivity index (χ4v) is 3.80. The molecule has 0 aromatic carbocycles.